The zero-order valence-electron chi connectivity index (χ0n) is 15.1. The molecule has 140 valence electrons. The van der Waals surface area contributed by atoms with Gasteiger partial charge in [0.1, 0.15) is 5.01 Å². The van der Waals surface area contributed by atoms with Gasteiger partial charge in [-0.3, -0.25) is 14.4 Å². The fourth-order valence-electron chi connectivity index (χ4n) is 3.56. The Labute approximate surface area is 161 Å². The SMILES string of the molecule is Cc1csc(CC(=O)N2CC[NH+](CN3C(=O)c4ccccc4C3=O)CC2)n1. The quantitative estimate of drug-likeness (QED) is 0.751. The molecule has 1 saturated heterocycles. The molecule has 27 heavy (non-hydrogen) atoms. The highest BCUT2D eigenvalue weighted by atomic mass is 32.1. The van der Waals surface area contributed by atoms with Crippen molar-refractivity contribution in [2.75, 3.05) is 32.8 Å². The molecule has 1 N–H and O–H groups in total. The van der Waals surface area contributed by atoms with Gasteiger partial charge >= 0.3 is 0 Å². The maximum absolute atomic E-state index is 12.5. The molecule has 0 aliphatic carbocycles. The van der Waals surface area contributed by atoms with E-state index in [4.69, 9.17) is 0 Å². The van der Waals surface area contributed by atoms with Gasteiger partial charge < -0.3 is 9.80 Å². The number of fused-ring (bicyclic) bond motifs is 1. The molecule has 1 aromatic heterocycles. The van der Waals surface area contributed by atoms with Crippen molar-refractivity contribution < 1.29 is 19.3 Å². The summed E-state index contributed by atoms with van der Waals surface area (Å²) in [4.78, 5) is 46.1. The van der Waals surface area contributed by atoms with E-state index in [0.29, 0.717) is 37.3 Å². The third kappa shape index (κ3) is 3.50. The number of carbonyl (C=O) groups excluding carboxylic acids is 3. The van der Waals surface area contributed by atoms with E-state index in [0.717, 1.165) is 28.7 Å². The average Bonchev–Trinajstić information content (AvgIpc) is 3.19. The number of amides is 3. The number of thiazole rings is 1. The van der Waals surface area contributed by atoms with Crippen LogP contribution in [0, 0.1) is 6.92 Å². The number of carbonyl (C=O) groups is 3. The van der Waals surface area contributed by atoms with Crippen molar-refractivity contribution in [3.8, 4) is 0 Å². The van der Waals surface area contributed by atoms with E-state index in [2.05, 4.69) is 4.98 Å². The maximum atomic E-state index is 12.5. The van der Waals surface area contributed by atoms with Gasteiger partial charge in [0.2, 0.25) is 5.91 Å². The average molecular weight is 385 g/mol. The molecule has 2 aliphatic heterocycles. The number of hydrogen-bond acceptors (Lipinski definition) is 5. The minimum absolute atomic E-state index is 0.0872. The number of quaternary nitrogens is 1. The first-order valence-corrected chi connectivity index (χ1v) is 9.88. The zero-order chi connectivity index (χ0) is 19.0. The number of benzene rings is 1. The summed E-state index contributed by atoms with van der Waals surface area (Å²) in [7, 11) is 0. The van der Waals surface area contributed by atoms with Crippen molar-refractivity contribution in [1.29, 1.82) is 0 Å². The lowest BCUT2D eigenvalue weighted by Crippen LogP contribution is -3.16. The summed E-state index contributed by atoms with van der Waals surface area (Å²) in [6.45, 7) is 4.96. The van der Waals surface area contributed by atoms with E-state index in [1.807, 2.05) is 17.2 Å². The summed E-state index contributed by atoms with van der Waals surface area (Å²) in [5, 5.41) is 2.80. The van der Waals surface area contributed by atoms with Gasteiger partial charge in [0.15, 0.2) is 6.67 Å². The predicted octanol–water partition coefficient (Wildman–Crippen LogP) is -0.0252. The van der Waals surface area contributed by atoms with Gasteiger partial charge in [0, 0.05) is 11.1 Å². The number of hydrogen-bond donors (Lipinski definition) is 1. The minimum Gasteiger partial charge on any atom is -0.331 e. The van der Waals surface area contributed by atoms with E-state index >= 15 is 0 Å². The van der Waals surface area contributed by atoms with E-state index in [1.54, 1.807) is 24.3 Å². The summed E-state index contributed by atoms with van der Waals surface area (Å²) >= 11 is 1.51. The van der Waals surface area contributed by atoms with Crippen LogP contribution in [-0.2, 0) is 11.2 Å². The third-order valence-corrected chi connectivity index (χ3v) is 6.02. The molecule has 8 heteroatoms. The van der Waals surface area contributed by atoms with Crippen molar-refractivity contribution >= 4 is 29.1 Å². The van der Waals surface area contributed by atoms with Gasteiger partial charge in [-0.1, -0.05) is 12.1 Å². The molecule has 0 atom stereocenters. The first kappa shape index (κ1) is 17.8. The lowest BCUT2D eigenvalue weighted by Gasteiger charge is -2.33. The summed E-state index contributed by atoms with van der Waals surface area (Å²) in [6.07, 6.45) is 0.340. The number of rotatable bonds is 4. The summed E-state index contributed by atoms with van der Waals surface area (Å²) in [6, 6.07) is 6.94. The van der Waals surface area contributed by atoms with Gasteiger partial charge in [-0.2, -0.15) is 0 Å². The Bertz CT molecular complexity index is 867. The molecular formula is C19H21N4O3S+. The molecule has 1 fully saturated rings. The van der Waals surface area contributed by atoms with Gasteiger partial charge in [0.25, 0.3) is 11.8 Å². The number of nitrogens with zero attached hydrogens (tertiary/aromatic N) is 3. The Morgan fingerprint density at radius 1 is 1.15 bits per heavy atom. The number of piperazine rings is 1. The molecule has 0 bridgehead atoms. The van der Waals surface area contributed by atoms with E-state index in [1.165, 1.54) is 16.2 Å². The highest BCUT2D eigenvalue weighted by Gasteiger charge is 2.38. The number of aryl methyl sites for hydroxylation is 1. The van der Waals surface area contributed by atoms with Crippen molar-refractivity contribution in [3.05, 3.63) is 51.5 Å². The molecule has 4 rings (SSSR count). The van der Waals surface area contributed by atoms with Crippen LogP contribution in [0.15, 0.2) is 29.6 Å². The molecule has 3 amide bonds. The third-order valence-electron chi connectivity index (χ3n) is 5.05. The maximum Gasteiger partial charge on any atom is 0.265 e. The second-order valence-corrected chi connectivity index (χ2v) is 7.87. The molecule has 2 aromatic rings. The summed E-state index contributed by atoms with van der Waals surface area (Å²) < 4.78 is 0. The van der Waals surface area contributed by atoms with Gasteiger partial charge in [-0.25, -0.2) is 9.88 Å². The van der Waals surface area contributed by atoms with Crippen molar-refractivity contribution in [3.63, 3.8) is 0 Å². The molecule has 7 nitrogen and oxygen atoms in total. The van der Waals surface area contributed by atoms with Crippen LogP contribution in [0.3, 0.4) is 0 Å². The molecule has 0 saturated carbocycles. The van der Waals surface area contributed by atoms with Gasteiger partial charge in [-0.15, -0.1) is 11.3 Å². The fraction of sp³-hybridized carbons (Fsp3) is 0.368. The molecule has 1 aromatic carbocycles. The van der Waals surface area contributed by atoms with Crippen molar-refractivity contribution in [2.45, 2.75) is 13.3 Å². The van der Waals surface area contributed by atoms with E-state index < -0.39 is 0 Å². The molecular weight excluding hydrogens is 364 g/mol. The van der Waals surface area contributed by atoms with Crippen LogP contribution in [0.1, 0.15) is 31.4 Å². The predicted molar refractivity (Wildman–Crippen MR) is 99.6 cm³/mol. The second-order valence-electron chi connectivity index (χ2n) is 6.93. The Kier molecular flexibility index (Phi) is 4.75. The second kappa shape index (κ2) is 7.21. The normalized spacial score (nSPS) is 17.5. The van der Waals surface area contributed by atoms with E-state index in [-0.39, 0.29) is 17.7 Å². The number of imide groups is 1. The van der Waals surface area contributed by atoms with Crippen LogP contribution in [0.4, 0.5) is 0 Å². The van der Waals surface area contributed by atoms with Crippen LogP contribution in [-0.4, -0.2) is 65.4 Å². The smallest absolute Gasteiger partial charge is 0.265 e. The Hall–Kier alpha value is -2.58. The Balaban J connectivity index is 1.32. The highest BCUT2D eigenvalue weighted by molar-refractivity contribution is 7.09. The van der Waals surface area contributed by atoms with Gasteiger partial charge in [-0.05, 0) is 19.1 Å². The molecule has 3 heterocycles. The lowest BCUT2D eigenvalue weighted by atomic mass is 10.1. The van der Waals surface area contributed by atoms with Crippen LogP contribution in [0.25, 0.3) is 0 Å². The number of aromatic nitrogens is 1. The monoisotopic (exact) mass is 385 g/mol. The Morgan fingerprint density at radius 2 is 1.78 bits per heavy atom. The summed E-state index contributed by atoms with van der Waals surface area (Å²) in [5.41, 5.74) is 1.90. The first-order valence-electron chi connectivity index (χ1n) is 9.00. The number of nitrogens with one attached hydrogen (secondary N) is 1. The van der Waals surface area contributed by atoms with Crippen molar-refractivity contribution in [1.82, 2.24) is 14.8 Å². The first-order chi connectivity index (χ1) is 13.0. The highest BCUT2D eigenvalue weighted by Crippen LogP contribution is 2.21. The lowest BCUT2D eigenvalue weighted by molar-refractivity contribution is -0.911. The fourth-order valence-corrected chi connectivity index (χ4v) is 4.32. The van der Waals surface area contributed by atoms with E-state index in [9.17, 15) is 14.4 Å². The largest absolute Gasteiger partial charge is 0.331 e. The minimum atomic E-state index is -0.222. The van der Waals surface area contributed by atoms with Gasteiger partial charge in [0.05, 0.1) is 43.7 Å². The van der Waals surface area contributed by atoms with Crippen LogP contribution < -0.4 is 4.90 Å². The topological polar surface area (TPSA) is 75.0 Å². The summed E-state index contributed by atoms with van der Waals surface area (Å²) in [5.74, 6) is -0.356. The Morgan fingerprint density at radius 3 is 2.33 bits per heavy atom. The standard InChI is InChI=1S/C19H20N4O3S/c1-13-11-27-16(20-13)10-17(24)22-8-6-21(7-9-22)12-23-18(25)14-4-2-3-5-15(14)19(23)26/h2-5,11H,6-10,12H2,1H3/p+1. The van der Waals surface area contributed by atoms with Crippen molar-refractivity contribution in [2.24, 2.45) is 0 Å². The molecule has 0 radical (unpaired) electrons. The van der Waals surface area contributed by atoms with Crippen LogP contribution in [0.2, 0.25) is 0 Å². The molecule has 0 unspecified atom stereocenters. The zero-order valence-corrected chi connectivity index (χ0v) is 15.9. The molecule has 0 spiro atoms. The molecule has 2 aliphatic rings. The van der Waals surface area contributed by atoms with Crippen LogP contribution in [0.5, 0.6) is 0 Å². The van der Waals surface area contributed by atoms with Crippen LogP contribution >= 0.6 is 11.3 Å².